The van der Waals surface area contributed by atoms with E-state index in [1.807, 2.05) is 12.2 Å². The minimum Gasteiger partial charge on any atom is -0.343 e. The monoisotopic (exact) mass is 459 g/mol. The van der Waals surface area contributed by atoms with Crippen LogP contribution in [0.2, 0.25) is 0 Å². The molecule has 10 heteroatoms. The normalized spacial score (nSPS) is 14.0. The Hall–Kier alpha value is -3.43. The maximum atomic E-state index is 13.2. The molecule has 2 N–H and O–H groups in total. The van der Waals surface area contributed by atoms with E-state index in [9.17, 15) is 22.8 Å². The van der Waals surface area contributed by atoms with Crippen LogP contribution in [0.15, 0.2) is 24.3 Å². The van der Waals surface area contributed by atoms with Gasteiger partial charge in [0.2, 0.25) is 0 Å². The van der Waals surface area contributed by atoms with Crippen molar-refractivity contribution in [2.45, 2.75) is 52.3 Å². The molecule has 2 aromatic heterocycles. The van der Waals surface area contributed by atoms with Crippen molar-refractivity contribution in [3.63, 3.8) is 0 Å². The van der Waals surface area contributed by atoms with Crippen LogP contribution in [0.25, 0.3) is 11.2 Å². The van der Waals surface area contributed by atoms with Crippen LogP contribution < -0.4 is 10.6 Å². The molecule has 3 aromatic rings. The quantitative estimate of drug-likeness (QED) is 0.608. The van der Waals surface area contributed by atoms with Gasteiger partial charge in [-0.15, -0.1) is 0 Å². The van der Waals surface area contributed by atoms with Gasteiger partial charge >= 0.3 is 6.18 Å². The van der Waals surface area contributed by atoms with Crippen LogP contribution in [0.5, 0.6) is 0 Å². The van der Waals surface area contributed by atoms with Crippen molar-refractivity contribution < 1.29 is 22.8 Å². The Morgan fingerprint density at radius 3 is 2.61 bits per heavy atom. The van der Waals surface area contributed by atoms with Crippen molar-refractivity contribution in [1.29, 1.82) is 0 Å². The number of nitrogens with one attached hydrogen (secondary N) is 2. The van der Waals surface area contributed by atoms with E-state index in [1.54, 1.807) is 19.1 Å². The summed E-state index contributed by atoms with van der Waals surface area (Å²) in [4.78, 5) is 34.7. The molecule has 0 bridgehead atoms. The minimum atomic E-state index is -4.51. The molecule has 4 rings (SSSR count). The summed E-state index contributed by atoms with van der Waals surface area (Å²) >= 11 is 0. The zero-order chi connectivity index (χ0) is 23.8. The number of rotatable bonds is 4. The Kier molecular flexibility index (Phi) is 6.09. The number of carbonyl (C=O) groups is 2. The fourth-order valence-corrected chi connectivity index (χ4v) is 3.96. The van der Waals surface area contributed by atoms with Crippen LogP contribution in [0.4, 0.5) is 18.9 Å². The first kappa shape index (κ1) is 22.8. The van der Waals surface area contributed by atoms with Gasteiger partial charge in [-0.3, -0.25) is 9.59 Å². The van der Waals surface area contributed by atoms with Gasteiger partial charge in [0.25, 0.3) is 11.8 Å². The number of benzene rings is 1. The summed E-state index contributed by atoms with van der Waals surface area (Å²) in [6, 6.07) is 6.02. The number of amides is 2. The molecule has 2 amide bonds. The molecular weight excluding hydrogens is 435 g/mol. The lowest BCUT2D eigenvalue weighted by Gasteiger charge is -2.12. The number of anilines is 1. The molecule has 0 saturated carbocycles. The van der Waals surface area contributed by atoms with Gasteiger partial charge in [-0.2, -0.15) is 13.2 Å². The number of nitrogens with zero attached hydrogens (tertiary/aromatic N) is 3. The average Bonchev–Trinajstić information content (AvgIpc) is 2.92. The molecule has 0 fully saturated rings. The molecule has 0 aliphatic carbocycles. The lowest BCUT2D eigenvalue weighted by molar-refractivity contribution is -0.123. The Morgan fingerprint density at radius 2 is 1.85 bits per heavy atom. The summed E-state index contributed by atoms with van der Waals surface area (Å²) in [5.41, 5.74) is 3.26. The second-order valence-corrected chi connectivity index (χ2v) is 8.26. The summed E-state index contributed by atoms with van der Waals surface area (Å²) < 4.78 is 39.3. The highest BCUT2D eigenvalue weighted by atomic mass is 19.4. The maximum Gasteiger partial charge on any atom is 0.405 e. The van der Waals surface area contributed by atoms with Gasteiger partial charge in [-0.05, 0) is 50.5 Å². The number of hydrogen-bond acceptors (Lipinski definition) is 4. The molecule has 1 aromatic carbocycles. The summed E-state index contributed by atoms with van der Waals surface area (Å²) in [7, 11) is 0. The molecule has 0 atom stereocenters. The standard InChI is InChI=1S/C23H24F3N5O2/c1-13-7-8-15(21(32)27-12-23(24,25)26)11-17(13)29-22(33)16-10-14(2)28-20-19(16)30-18-6-4-3-5-9-31(18)20/h7-8,10-11H,3-6,9,12H2,1-2H3,(H,27,32)(H,29,33). The molecule has 1 aliphatic heterocycles. The van der Waals surface area contributed by atoms with E-state index in [1.165, 1.54) is 12.1 Å². The predicted octanol–water partition coefficient (Wildman–Crippen LogP) is 4.32. The van der Waals surface area contributed by atoms with E-state index in [-0.39, 0.29) is 5.56 Å². The van der Waals surface area contributed by atoms with Crippen molar-refractivity contribution in [2.75, 3.05) is 11.9 Å². The Balaban J connectivity index is 1.63. The average molecular weight is 459 g/mol. The fraction of sp³-hybridized carbons (Fsp3) is 0.391. The second-order valence-electron chi connectivity index (χ2n) is 8.26. The van der Waals surface area contributed by atoms with E-state index < -0.39 is 24.5 Å². The Morgan fingerprint density at radius 1 is 1.06 bits per heavy atom. The molecule has 0 spiro atoms. The first-order chi connectivity index (χ1) is 15.6. The van der Waals surface area contributed by atoms with Gasteiger partial charge in [0.1, 0.15) is 17.9 Å². The van der Waals surface area contributed by atoms with Crippen LogP contribution in [-0.2, 0) is 13.0 Å². The van der Waals surface area contributed by atoms with E-state index in [0.717, 1.165) is 38.1 Å². The minimum absolute atomic E-state index is 0.0184. The van der Waals surface area contributed by atoms with Crippen molar-refractivity contribution in [1.82, 2.24) is 19.9 Å². The largest absolute Gasteiger partial charge is 0.405 e. The molecule has 0 unspecified atom stereocenters. The lowest BCUT2D eigenvalue weighted by atomic mass is 10.1. The number of hydrogen-bond donors (Lipinski definition) is 2. The van der Waals surface area contributed by atoms with Crippen molar-refractivity contribution in [2.24, 2.45) is 0 Å². The van der Waals surface area contributed by atoms with E-state index >= 15 is 0 Å². The molecule has 1 aliphatic rings. The fourth-order valence-electron chi connectivity index (χ4n) is 3.96. The zero-order valence-electron chi connectivity index (χ0n) is 18.3. The third-order valence-electron chi connectivity index (χ3n) is 5.63. The lowest BCUT2D eigenvalue weighted by Crippen LogP contribution is -2.33. The van der Waals surface area contributed by atoms with Crippen molar-refractivity contribution in [3.05, 3.63) is 52.5 Å². The number of carbonyl (C=O) groups excluding carboxylic acids is 2. The van der Waals surface area contributed by atoms with Crippen LogP contribution in [0.1, 0.15) is 57.1 Å². The predicted molar refractivity (Wildman–Crippen MR) is 117 cm³/mol. The zero-order valence-corrected chi connectivity index (χ0v) is 18.3. The first-order valence-electron chi connectivity index (χ1n) is 10.8. The molecule has 0 radical (unpaired) electrons. The number of halogens is 3. The molecule has 3 heterocycles. The van der Waals surface area contributed by atoms with Gasteiger partial charge in [0.05, 0.1) is 5.56 Å². The number of imidazole rings is 1. The molecule has 174 valence electrons. The van der Waals surface area contributed by atoms with Crippen molar-refractivity contribution in [3.8, 4) is 0 Å². The highest BCUT2D eigenvalue weighted by Gasteiger charge is 2.28. The second kappa shape index (κ2) is 8.84. The number of alkyl halides is 3. The SMILES string of the molecule is Cc1cc(C(=O)Nc2cc(C(=O)NCC(F)(F)F)ccc2C)c2nc3n(c2n1)CCCCC3. The molecule has 0 saturated heterocycles. The van der Waals surface area contributed by atoms with Gasteiger partial charge < -0.3 is 15.2 Å². The van der Waals surface area contributed by atoms with Gasteiger partial charge in [0.15, 0.2) is 5.65 Å². The summed E-state index contributed by atoms with van der Waals surface area (Å²) in [5, 5.41) is 4.63. The Labute approximate surface area is 188 Å². The topological polar surface area (TPSA) is 88.9 Å². The first-order valence-corrected chi connectivity index (χ1v) is 10.8. The van der Waals surface area contributed by atoms with E-state index in [4.69, 9.17) is 4.98 Å². The Bertz CT molecular complexity index is 1230. The molecular formula is C23H24F3N5O2. The van der Waals surface area contributed by atoms with Crippen LogP contribution >= 0.6 is 0 Å². The van der Waals surface area contributed by atoms with Crippen LogP contribution in [0.3, 0.4) is 0 Å². The van der Waals surface area contributed by atoms with Crippen LogP contribution in [0, 0.1) is 13.8 Å². The maximum absolute atomic E-state index is 13.2. The number of pyridine rings is 1. The summed E-state index contributed by atoms with van der Waals surface area (Å²) in [5.74, 6) is -0.383. The number of aryl methyl sites for hydroxylation is 4. The molecule has 33 heavy (non-hydrogen) atoms. The van der Waals surface area contributed by atoms with E-state index in [2.05, 4.69) is 14.9 Å². The highest BCUT2D eigenvalue weighted by Crippen LogP contribution is 2.25. The summed E-state index contributed by atoms with van der Waals surface area (Å²) in [6.07, 6.45) is -0.504. The van der Waals surface area contributed by atoms with Crippen LogP contribution in [-0.4, -0.2) is 39.1 Å². The summed E-state index contributed by atoms with van der Waals surface area (Å²) in [6.45, 7) is 2.92. The van der Waals surface area contributed by atoms with E-state index in [0.29, 0.717) is 33.7 Å². The smallest absolute Gasteiger partial charge is 0.343 e. The number of aromatic nitrogens is 3. The van der Waals surface area contributed by atoms with Gasteiger partial charge in [0, 0.05) is 29.9 Å². The third-order valence-corrected chi connectivity index (χ3v) is 5.63. The number of fused-ring (bicyclic) bond motifs is 3. The van der Waals surface area contributed by atoms with Gasteiger partial charge in [-0.25, -0.2) is 9.97 Å². The van der Waals surface area contributed by atoms with Crippen molar-refractivity contribution >= 4 is 28.7 Å². The molecule has 7 nitrogen and oxygen atoms in total. The third kappa shape index (κ3) is 4.99. The highest BCUT2D eigenvalue weighted by molar-refractivity contribution is 6.11. The van der Waals surface area contributed by atoms with Gasteiger partial charge in [-0.1, -0.05) is 12.5 Å².